The molecule has 0 aromatic rings. The fraction of sp³-hybridized carbons (Fsp3) is 0.625. The van der Waals surface area contributed by atoms with E-state index < -0.39 is 92.3 Å². The smallest absolute Gasteiger partial charge is 0.322 e. The van der Waals surface area contributed by atoms with Crippen LogP contribution in [-0.4, -0.2) is 132 Å². The zero-order chi connectivity index (χ0) is 30.2. The molecule has 0 heterocycles. The first-order valence-corrected chi connectivity index (χ1v) is 9.19. The predicted octanol–water partition coefficient (Wildman–Crippen LogP) is -6.54. The Kier molecular flexibility index (Phi) is 30.9. The third kappa shape index (κ3) is 37.8. The van der Waals surface area contributed by atoms with E-state index in [1.807, 2.05) is 0 Å². The topological polar surface area (TPSA) is 415 Å². The van der Waals surface area contributed by atoms with Crippen molar-refractivity contribution in [2.45, 2.75) is 43.6 Å². The summed E-state index contributed by atoms with van der Waals surface area (Å²) >= 11 is 0. The molecule has 0 saturated heterocycles. The second-order valence-corrected chi connectivity index (χ2v) is 6.05. The summed E-state index contributed by atoms with van der Waals surface area (Å²) in [5, 5.41) is 71.6. The van der Waals surface area contributed by atoms with Crippen LogP contribution in [0.3, 0.4) is 0 Å². The second-order valence-electron chi connectivity index (χ2n) is 6.05. The fourth-order valence-corrected chi connectivity index (χ4v) is 0.510. The van der Waals surface area contributed by atoms with Crippen molar-refractivity contribution >= 4 is 35.8 Å². The van der Waals surface area contributed by atoms with Crippen molar-refractivity contribution in [1.29, 1.82) is 0 Å². The van der Waals surface area contributed by atoms with Gasteiger partial charge < -0.3 is 74.6 Å². The minimum absolute atomic E-state index is 0.505. The van der Waals surface area contributed by atoms with Crippen molar-refractivity contribution in [1.82, 2.24) is 0 Å². The molecule has 36 heavy (non-hydrogen) atoms. The molecule has 0 amide bonds. The molecule has 0 bridgehead atoms. The second kappa shape index (κ2) is 26.1. The molecular formula is C16H35N5O15. The van der Waals surface area contributed by atoms with E-state index in [0.29, 0.717) is 0 Å². The van der Waals surface area contributed by atoms with Crippen molar-refractivity contribution < 1.29 is 74.7 Å². The van der Waals surface area contributed by atoms with Crippen molar-refractivity contribution in [3.63, 3.8) is 0 Å². The molecule has 0 fully saturated rings. The number of carboxylic acid groups (broad SMARTS) is 6. The van der Waals surface area contributed by atoms with Crippen LogP contribution < -0.4 is 28.7 Å². The monoisotopic (exact) mass is 537 g/mol. The van der Waals surface area contributed by atoms with Gasteiger partial charge in [-0.1, -0.05) is 0 Å². The highest BCUT2D eigenvalue weighted by Crippen LogP contribution is 1.86. The lowest BCUT2D eigenvalue weighted by Gasteiger charge is -1.99. The first kappa shape index (κ1) is 42.6. The molecule has 0 spiro atoms. The maximum absolute atomic E-state index is 9.85. The Labute approximate surface area is 203 Å². The van der Waals surface area contributed by atoms with Crippen molar-refractivity contribution in [3.8, 4) is 0 Å². The lowest BCUT2D eigenvalue weighted by atomic mass is 10.2. The van der Waals surface area contributed by atoms with Gasteiger partial charge in [-0.15, -0.1) is 0 Å². The Balaban J connectivity index is -0.000000112. The van der Waals surface area contributed by atoms with E-state index in [2.05, 4.69) is 0 Å². The highest BCUT2D eigenvalue weighted by molar-refractivity contribution is 5.80. The third-order valence-corrected chi connectivity index (χ3v) is 2.64. The van der Waals surface area contributed by atoms with Crippen LogP contribution in [0.25, 0.3) is 0 Å². The Morgan fingerprint density at radius 3 is 0.722 bits per heavy atom. The van der Waals surface area contributed by atoms with Crippen LogP contribution in [0.4, 0.5) is 0 Å². The Hall–Kier alpha value is -3.50. The van der Waals surface area contributed by atoms with Crippen LogP contribution in [0.5, 0.6) is 0 Å². The van der Waals surface area contributed by atoms with Crippen LogP contribution in [0.2, 0.25) is 0 Å². The molecule has 5 atom stereocenters. The van der Waals surface area contributed by atoms with Gasteiger partial charge in [0.05, 0.1) is 26.2 Å². The van der Waals surface area contributed by atoms with E-state index in [-0.39, 0.29) is 0 Å². The largest absolute Gasteiger partial charge is 0.481 e. The number of nitrogens with two attached hydrogens (primary N) is 5. The van der Waals surface area contributed by atoms with Gasteiger partial charge in [0.2, 0.25) is 0 Å². The zero-order valence-electron chi connectivity index (χ0n) is 19.1. The summed E-state index contributed by atoms with van der Waals surface area (Å²) in [4.78, 5) is 58.1. The molecule has 0 aliphatic carbocycles. The average molecular weight is 537 g/mol. The molecule has 214 valence electrons. The standard InChI is InChI=1S/C4H7NO4.3C3H7NO3.C3H7NO2/c5-2(4(8)9)1-3(6)7;3*4-2(1-5)3(6)7;1-2(4)3(5)6/h2H,1,5H2,(H,6,7)(H,8,9);3*2,5H,1,4H2,(H,6,7);2H,4H2,1H3,(H,5,6)/t5*2-/m00000/s1. The lowest BCUT2D eigenvalue weighted by molar-refractivity contribution is -0.144. The summed E-state index contributed by atoms with van der Waals surface area (Å²) in [6, 6.07) is -5.40. The Bertz CT molecular complexity index is 614. The van der Waals surface area contributed by atoms with E-state index in [0.717, 1.165) is 0 Å². The van der Waals surface area contributed by atoms with Crippen LogP contribution in [0.1, 0.15) is 13.3 Å². The summed E-state index contributed by atoms with van der Waals surface area (Å²) in [7, 11) is 0. The molecule has 20 heteroatoms. The number of aliphatic hydroxyl groups excluding tert-OH is 3. The van der Waals surface area contributed by atoms with Gasteiger partial charge in [-0.25, -0.2) is 0 Å². The summed E-state index contributed by atoms with van der Waals surface area (Å²) in [5.41, 5.74) is 24.0. The molecule has 0 aromatic carbocycles. The molecule has 0 saturated carbocycles. The minimum Gasteiger partial charge on any atom is -0.481 e. The van der Waals surface area contributed by atoms with Gasteiger partial charge in [0.25, 0.3) is 0 Å². The molecule has 0 aromatic heterocycles. The first-order chi connectivity index (χ1) is 16.2. The van der Waals surface area contributed by atoms with Crippen LogP contribution in [0.15, 0.2) is 0 Å². The van der Waals surface area contributed by atoms with Crippen LogP contribution >= 0.6 is 0 Å². The molecule has 0 unspecified atom stereocenters. The number of carboxylic acids is 6. The maximum atomic E-state index is 9.85. The van der Waals surface area contributed by atoms with Gasteiger partial charge in [0.1, 0.15) is 30.2 Å². The first-order valence-electron chi connectivity index (χ1n) is 9.19. The SMILES string of the molecule is C[C@H](N)C(=O)O.N[C@@H](CC(=O)O)C(=O)O.N[C@@H](CO)C(=O)O.N[C@@H](CO)C(=O)O.N[C@@H](CO)C(=O)O. The van der Waals surface area contributed by atoms with Gasteiger partial charge in [-0.05, 0) is 6.92 Å². The zero-order valence-corrected chi connectivity index (χ0v) is 19.1. The van der Waals surface area contributed by atoms with Gasteiger partial charge in [0, 0.05) is 0 Å². The summed E-state index contributed by atoms with van der Waals surface area (Å²) in [5.74, 6) is -7.00. The van der Waals surface area contributed by atoms with Gasteiger partial charge in [-0.2, -0.15) is 0 Å². The minimum atomic E-state index is -1.29. The van der Waals surface area contributed by atoms with Crippen molar-refractivity contribution in [3.05, 3.63) is 0 Å². The number of aliphatic hydroxyl groups is 3. The maximum Gasteiger partial charge on any atom is 0.322 e. The quantitative estimate of drug-likeness (QED) is 0.123. The summed E-state index contributed by atoms with van der Waals surface area (Å²) in [6.45, 7) is -0.0949. The van der Waals surface area contributed by atoms with Crippen LogP contribution in [0, 0.1) is 0 Å². The van der Waals surface area contributed by atoms with Crippen LogP contribution in [-0.2, 0) is 28.8 Å². The summed E-state index contributed by atoms with van der Waals surface area (Å²) < 4.78 is 0. The summed E-state index contributed by atoms with van der Waals surface area (Å²) in [6.07, 6.45) is -0.532. The van der Waals surface area contributed by atoms with E-state index >= 15 is 0 Å². The molecule has 0 aliphatic rings. The number of hydrogen-bond acceptors (Lipinski definition) is 14. The lowest BCUT2D eigenvalue weighted by Crippen LogP contribution is -2.33. The van der Waals surface area contributed by atoms with Gasteiger partial charge >= 0.3 is 35.8 Å². The molecule has 0 rings (SSSR count). The normalized spacial score (nSPS) is 13.2. The Morgan fingerprint density at radius 2 is 0.694 bits per heavy atom. The van der Waals surface area contributed by atoms with E-state index in [9.17, 15) is 28.8 Å². The molecule has 0 radical (unpaired) electrons. The highest BCUT2D eigenvalue weighted by Gasteiger charge is 2.14. The number of aliphatic carboxylic acids is 6. The van der Waals surface area contributed by atoms with E-state index in [1.165, 1.54) is 6.92 Å². The van der Waals surface area contributed by atoms with E-state index in [1.54, 1.807) is 0 Å². The molecule has 0 aliphatic heterocycles. The molecule has 19 N–H and O–H groups in total. The van der Waals surface area contributed by atoms with Gasteiger partial charge in [0.15, 0.2) is 0 Å². The average Bonchev–Trinajstić information content (AvgIpc) is 2.78. The molecular weight excluding hydrogens is 502 g/mol. The van der Waals surface area contributed by atoms with Crippen molar-refractivity contribution in [2.75, 3.05) is 19.8 Å². The highest BCUT2D eigenvalue weighted by atomic mass is 16.4. The number of rotatable bonds is 10. The number of hydrogen-bond donors (Lipinski definition) is 14. The van der Waals surface area contributed by atoms with Crippen molar-refractivity contribution in [2.24, 2.45) is 28.7 Å². The van der Waals surface area contributed by atoms with E-state index in [4.69, 9.17) is 74.6 Å². The molecule has 20 nitrogen and oxygen atoms in total. The third-order valence-electron chi connectivity index (χ3n) is 2.64. The fourth-order valence-electron chi connectivity index (χ4n) is 0.510. The Morgan fingerprint density at radius 1 is 0.500 bits per heavy atom. The predicted molar refractivity (Wildman–Crippen MR) is 117 cm³/mol. The van der Waals surface area contributed by atoms with Gasteiger partial charge in [-0.3, -0.25) is 28.8 Å². The number of carbonyl (C=O) groups is 6.